The molecule has 4 rings (SSSR count). The molecule has 14 nitrogen and oxygen atoms in total. The number of nitrogens with zero attached hydrogens (tertiary/aromatic N) is 2. The predicted molar refractivity (Wildman–Crippen MR) is 288 cm³/mol. The molecule has 2 aromatic rings. The summed E-state index contributed by atoms with van der Waals surface area (Å²) >= 11 is 0. The highest BCUT2D eigenvalue weighted by Gasteiger charge is 2.56. The Bertz CT molecular complexity index is 2190. The summed E-state index contributed by atoms with van der Waals surface area (Å²) in [5.41, 5.74) is -2.76. The van der Waals surface area contributed by atoms with E-state index in [0.29, 0.717) is 24.0 Å². The fourth-order valence-electron chi connectivity index (χ4n) is 10.6. The highest BCUT2D eigenvalue weighted by Crippen LogP contribution is 2.45. The number of benzene rings is 2. The molecule has 2 aromatic carbocycles. The first-order valence-corrected chi connectivity index (χ1v) is 29.0. The number of carboxylic acid groups (broad SMARTS) is 1. The van der Waals surface area contributed by atoms with Gasteiger partial charge in [-0.3, -0.25) is 19.2 Å². The molecular formula is C60H90F4N2O12. The van der Waals surface area contributed by atoms with E-state index in [1.165, 1.54) is 73.3 Å². The van der Waals surface area contributed by atoms with Gasteiger partial charge in [-0.2, -0.15) is 0 Å². The van der Waals surface area contributed by atoms with Crippen LogP contribution in [0.5, 0.6) is 0 Å². The molecule has 2 amide bonds. The van der Waals surface area contributed by atoms with Crippen LogP contribution in [-0.2, 0) is 68.8 Å². The average Bonchev–Trinajstić information content (AvgIpc) is 4.09. The van der Waals surface area contributed by atoms with E-state index in [4.69, 9.17) is 23.7 Å². The van der Waals surface area contributed by atoms with E-state index in [1.807, 2.05) is 0 Å². The van der Waals surface area contributed by atoms with Crippen molar-refractivity contribution < 1.29 is 75.1 Å². The van der Waals surface area contributed by atoms with Crippen LogP contribution in [0.15, 0.2) is 24.3 Å². The van der Waals surface area contributed by atoms with E-state index < -0.39 is 82.2 Å². The lowest BCUT2D eigenvalue weighted by molar-refractivity contribution is -0.172. The number of hydrogen-bond acceptors (Lipinski definition) is 11. The van der Waals surface area contributed by atoms with Crippen LogP contribution in [0.3, 0.4) is 0 Å². The zero-order valence-electron chi connectivity index (χ0n) is 47.7. The lowest BCUT2D eigenvalue weighted by Gasteiger charge is -2.30. The second-order valence-corrected chi connectivity index (χ2v) is 20.6. The van der Waals surface area contributed by atoms with Gasteiger partial charge in [-0.1, -0.05) is 128 Å². The largest absolute Gasteiger partial charge is 0.480 e. The molecule has 0 heterocycles. The number of halogens is 4. The summed E-state index contributed by atoms with van der Waals surface area (Å²) in [5, 5.41) is 9.81. The van der Waals surface area contributed by atoms with Crippen molar-refractivity contribution in [2.45, 2.75) is 228 Å². The Kier molecular flexibility index (Phi) is 30.2. The second kappa shape index (κ2) is 35.2. The molecule has 0 spiro atoms. The van der Waals surface area contributed by atoms with E-state index >= 15 is 13.2 Å². The summed E-state index contributed by atoms with van der Waals surface area (Å²) < 4.78 is 86.0. The van der Waals surface area contributed by atoms with Gasteiger partial charge in [-0.25, -0.2) is 27.2 Å². The molecule has 3 unspecified atom stereocenters. The van der Waals surface area contributed by atoms with Gasteiger partial charge in [0.25, 0.3) is 0 Å². The number of carbonyl (C=O) groups excluding carboxylic acids is 5. The third-order valence-corrected chi connectivity index (χ3v) is 15.0. The lowest BCUT2D eigenvalue weighted by atomic mass is 9.86. The van der Waals surface area contributed by atoms with Gasteiger partial charge in [0, 0.05) is 23.2 Å². The minimum Gasteiger partial charge on any atom is -0.480 e. The molecule has 440 valence electrons. The summed E-state index contributed by atoms with van der Waals surface area (Å²) in [7, 11) is 0. The number of hydrogen-bond donors (Lipinski definition) is 1. The van der Waals surface area contributed by atoms with Gasteiger partial charge < -0.3 is 38.6 Å². The van der Waals surface area contributed by atoms with E-state index in [0.717, 1.165) is 51.4 Å². The minimum atomic E-state index is -1.80. The van der Waals surface area contributed by atoms with Crippen molar-refractivity contribution in [3.8, 4) is 0 Å². The highest BCUT2D eigenvalue weighted by molar-refractivity contribution is 6.01. The summed E-state index contributed by atoms with van der Waals surface area (Å²) in [6.07, 6.45) is 17.4. The van der Waals surface area contributed by atoms with Crippen LogP contribution in [-0.4, -0.2) is 96.1 Å². The number of esters is 3. The van der Waals surface area contributed by atoms with Crippen molar-refractivity contribution in [1.29, 1.82) is 0 Å². The van der Waals surface area contributed by atoms with Gasteiger partial charge in [0.15, 0.2) is 34.1 Å². The normalized spacial score (nSPS) is 17.4. The van der Waals surface area contributed by atoms with Crippen molar-refractivity contribution in [3.05, 3.63) is 69.8 Å². The molecule has 0 bridgehead atoms. The predicted octanol–water partition coefficient (Wildman–Crippen LogP) is 14.1. The van der Waals surface area contributed by atoms with Crippen LogP contribution < -0.4 is 0 Å². The molecule has 0 saturated heterocycles. The summed E-state index contributed by atoms with van der Waals surface area (Å²) in [4.78, 5) is 78.5. The Balaban J connectivity index is 0.000000411. The number of carboxylic acids is 1. The molecule has 78 heavy (non-hydrogen) atoms. The average molecular weight is 1110 g/mol. The Morgan fingerprint density at radius 2 is 0.744 bits per heavy atom. The van der Waals surface area contributed by atoms with E-state index in [9.17, 15) is 38.3 Å². The zero-order chi connectivity index (χ0) is 57.7. The second-order valence-electron chi connectivity index (χ2n) is 20.6. The number of ether oxygens (including phenoxy) is 5. The van der Waals surface area contributed by atoms with Gasteiger partial charge in [-0.05, 0) is 110 Å². The fourth-order valence-corrected chi connectivity index (χ4v) is 10.6. The van der Waals surface area contributed by atoms with E-state index in [2.05, 4.69) is 13.8 Å². The molecular weight excluding hydrogens is 1020 g/mol. The third-order valence-electron chi connectivity index (χ3n) is 15.0. The third kappa shape index (κ3) is 19.1. The first-order chi connectivity index (χ1) is 37.5. The quantitative estimate of drug-likeness (QED) is 0.0236. The number of aryl methyl sites for hydroxylation is 2. The van der Waals surface area contributed by atoms with Gasteiger partial charge >= 0.3 is 36.1 Å². The maximum atomic E-state index is 15.2. The molecule has 3 atom stereocenters. The lowest BCUT2D eigenvalue weighted by Crippen LogP contribution is -2.44. The number of rotatable bonds is 33. The molecule has 2 saturated carbocycles. The maximum Gasteiger partial charge on any atom is 0.410 e. The van der Waals surface area contributed by atoms with Gasteiger partial charge in [0.1, 0.15) is 0 Å². The van der Waals surface area contributed by atoms with Crippen molar-refractivity contribution in [1.82, 2.24) is 9.80 Å². The summed E-state index contributed by atoms with van der Waals surface area (Å²) in [5.74, 6) is -7.44. The van der Waals surface area contributed by atoms with Crippen LogP contribution in [0.25, 0.3) is 0 Å². The van der Waals surface area contributed by atoms with Crippen LogP contribution in [0.4, 0.5) is 27.2 Å². The molecule has 0 aliphatic heterocycles. The monoisotopic (exact) mass is 1110 g/mol. The van der Waals surface area contributed by atoms with Crippen LogP contribution in [0, 0.1) is 34.1 Å². The standard InChI is InChI=1S/C31H47F2NO6.C29H43F2NO6/c1-5-9-10-11-12-13-14-15-16-23-17-18-24(27(33)26(23)32)22-34(30(37)40-8-4)25-19-20-31(21-25,28(35)38-6-2)29(36)39-7-3;1-4-7-8-9-10-11-12-13-14-21-15-16-22(25(31)24(21)30)20-32(28(36)38-6-3)23-17-18-29(19-23,26(33)34)27(35)37-5-2/h17-18,25H,5-16,19-22H2,1-4H3;15-16,23H,4-14,17-20H2,1-3H3,(H,33,34). The number of amides is 2. The number of aliphatic carboxylic acids is 1. The van der Waals surface area contributed by atoms with E-state index in [-0.39, 0.29) is 95.8 Å². The molecule has 2 aliphatic carbocycles. The summed E-state index contributed by atoms with van der Waals surface area (Å²) in [6, 6.07) is 4.75. The minimum absolute atomic E-state index is 0.00926. The maximum absolute atomic E-state index is 15.2. The molecule has 18 heteroatoms. The van der Waals surface area contributed by atoms with Crippen LogP contribution in [0.2, 0.25) is 0 Å². The van der Waals surface area contributed by atoms with Crippen LogP contribution >= 0.6 is 0 Å². The van der Waals surface area contributed by atoms with Crippen molar-refractivity contribution in [3.63, 3.8) is 0 Å². The molecule has 1 N–H and O–H groups in total. The molecule has 2 fully saturated rings. The Labute approximate surface area is 461 Å². The first kappa shape index (κ1) is 66.9. The Morgan fingerprint density at radius 1 is 0.449 bits per heavy atom. The van der Waals surface area contributed by atoms with Crippen molar-refractivity contribution in [2.24, 2.45) is 10.8 Å². The van der Waals surface area contributed by atoms with Crippen LogP contribution in [0.1, 0.15) is 212 Å². The van der Waals surface area contributed by atoms with Gasteiger partial charge in [0.05, 0.1) is 46.1 Å². The molecule has 2 aliphatic rings. The van der Waals surface area contributed by atoms with Gasteiger partial charge in [-0.15, -0.1) is 0 Å². The van der Waals surface area contributed by atoms with Crippen molar-refractivity contribution in [2.75, 3.05) is 33.0 Å². The number of carbonyl (C=O) groups is 6. The first-order valence-electron chi connectivity index (χ1n) is 29.0. The SMILES string of the molecule is CCCCCCCCCCc1ccc(CN(C(=O)OCC)C2CCC(C(=O)O)(C(=O)OCC)C2)c(F)c1F.CCCCCCCCCCc1ccc(CN(C(=O)OCC)C2CCC(C(=O)OCC)(C(=O)OCC)C2)c(F)c1F. The van der Waals surface area contributed by atoms with Crippen molar-refractivity contribution >= 4 is 36.1 Å². The smallest absolute Gasteiger partial charge is 0.410 e. The Hall–Kier alpha value is -5.42. The van der Waals surface area contributed by atoms with Gasteiger partial charge in [0.2, 0.25) is 0 Å². The zero-order valence-corrected chi connectivity index (χ0v) is 47.7. The topological polar surface area (TPSA) is 175 Å². The number of unbranched alkanes of at least 4 members (excludes halogenated alkanes) is 14. The molecule has 0 radical (unpaired) electrons. The molecule has 0 aromatic heterocycles. The fraction of sp³-hybridized carbons (Fsp3) is 0.700. The van der Waals surface area contributed by atoms with E-state index in [1.54, 1.807) is 46.8 Å². The summed E-state index contributed by atoms with van der Waals surface area (Å²) in [6.45, 7) is 12.3. The Morgan fingerprint density at radius 3 is 1.09 bits per heavy atom. The highest BCUT2D eigenvalue weighted by atomic mass is 19.2.